The van der Waals surface area contributed by atoms with Crippen molar-refractivity contribution in [2.24, 2.45) is 0 Å². The van der Waals surface area contributed by atoms with Crippen LogP contribution in [0.25, 0.3) is 11.0 Å². The van der Waals surface area contributed by atoms with Gasteiger partial charge in [-0.25, -0.2) is 4.98 Å². The first-order valence-corrected chi connectivity index (χ1v) is 9.89. The maximum absolute atomic E-state index is 12.5. The molecule has 3 rings (SSSR count). The Morgan fingerprint density at radius 2 is 1.71 bits per heavy atom. The quantitative estimate of drug-likeness (QED) is 0.399. The Bertz CT molecular complexity index is 1070. The van der Waals surface area contributed by atoms with E-state index in [1.54, 1.807) is 13.0 Å². The third-order valence-electron chi connectivity index (χ3n) is 3.50. The molecule has 0 saturated heterocycles. The molecule has 0 aliphatic carbocycles. The monoisotopic (exact) mass is 531 g/mol. The maximum Gasteiger partial charge on any atom is 2.00 e. The fraction of sp³-hybridized carbons (Fsp3) is 0.222. The van der Waals surface area contributed by atoms with Crippen LogP contribution in [-0.4, -0.2) is 92.2 Å². The summed E-state index contributed by atoms with van der Waals surface area (Å²) in [5.74, 6) is 0.0958. The normalized spacial score (nSPS) is 11.1. The second-order valence-corrected chi connectivity index (χ2v) is 7.23. The topological polar surface area (TPSA) is 189 Å². The van der Waals surface area contributed by atoms with Gasteiger partial charge in [0.1, 0.15) is 5.75 Å². The van der Waals surface area contributed by atoms with Crippen molar-refractivity contribution in [3.63, 3.8) is 0 Å². The largest absolute Gasteiger partial charge is 2.00 e. The van der Waals surface area contributed by atoms with Gasteiger partial charge in [-0.3, -0.25) is 9.19 Å². The van der Waals surface area contributed by atoms with Gasteiger partial charge in [0.15, 0.2) is 11.8 Å². The van der Waals surface area contributed by atoms with Crippen LogP contribution in [0.15, 0.2) is 41.7 Å². The van der Waals surface area contributed by atoms with Gasteiger partial charge in [0.2, 0.25) is 12.3 Å². The van der Waals surface area contributed by atoms with Crippen molar-refractivity contribution in [1.82, 2.24) is 15.0 Å². The maximum atomic E-state index is 12.5. The number of fused-ring (bicyclic) bond motifs is 1. The van der Waals surface area contributed by atoms with E-state index in [4.69, 9.17) is 34.8 Å². The van der Waals surface area contributed by atoms with Gasteiger partial charge < -0.3 is 39.7 Å². The fourth-order valence-electron chi connectivity index (χ4n) is 2.25. The molecule has 0 bridgehead atoms. The van der Waals surface area contributed by atoms with Crippen molar-refractivity contribution in [1.29, 1.82) is 0 Å². The van der Waals surface area contributed by atoms with Crippen LogP contribution in [-0.2, 0) is 16.6 Å². The second kappa shape index (κ2) is 14.6. The van der Waals surface area contributed by atoms with Crippen molar-refractivity contribution in [3.8, 4) is 5.75 Å². The average Bonchev–Trinajstić information content (AvgIpc) is 3.11. The molecule has 1 atom stereocenters. The summed E-state index contributed by atoms with van der Waals surface area (Å²) >= 11 is 0. The number of imidazole rings is 1. The standard InChI is InChI=1S/C16H14F3N3O2S.2CH2O3.Ca/c1-10-13(20-7-6-14(10)24-9-16(17,18)19)8-25(23)15-21-11-4-2-3-5-12(11)22-15;2*2-1(3)4;/h2-7H,8-9H2,1H3,(H,21,22);2*(H2,2,3,4);/q;;;+2/p-2. The number of nitrogens with zero attached hydrogens (tertiary/aromatic N) is 2. The number of ether oxygens (including phenoxy) is 1. The van der Waals surface area contributed by atoms with Crippen molar-refractivity contribution >= 4 is 71.9 Å². The minimum absolute atomic E-state index is 0. The Morgan fingerprint density at radius 3 is 2.24 bits per heavy atom. The van der Waals surface area contributed by atoms with Crippen molar-refractivity contribution < 1.29 is 52.1 Å². The van der Waals surface area contributed by atoms with E-state index in [2.05, 4.69) is 15.0 Å². The van der Waals surface area contributed by atoms with E-state index in [9.17, 15) is 17.4 Å². The number of nitrogens with one attached hydrogen (secondary N) is 1. The third kappa shape index (κ3) is 12.0. The molecule has 180 valence electrons. The van der Waals surface area contributed by atoms with E-state index in [-0.39, 0.29) is 49.2 Å². The molecule has 0 spiro atoms. The molecule has 0 aliphatic rings. The van der Waals surface area contributed by atoms with Crippen LogP contribution in [0.3, 0.4) is 0 Å². The van der Waals surface area contributed by atoms with Crippen LogP contribution in [0.4, 0.5) is 22.8 Å². The van der Waals surface area contributed by atoms with Gasteiger partial charge in [-0.1, -0.05) is 12.1 Å². The zero-order chi connectivity index (χ0) is 25.2. The second-order valence-electron chi connectivity index (χ2n) is 5.87. The van der Waals surface area contributed by atoms with Gasteiger partial charge in [0.25, 0.3) is 0 Å². The molecule has 11 nitrogen and oxygen atoms in total. The van der Waals surface area contributed by atoms with Gasteiger partial charge in [-0.2, -0.15) is 13.2 Å². The van der Waals surface area contributed by atoms with E-state index in [1.165, 1.54) is 12.3 Å². The molecule has 0 fully saturated rings. The van der Waals surface area contributed by atoms with Crippen LogP contribution < -0.4 is 14.9 Å². The van der Waals surface area contributed by atoms with Crippen molar-refractivity contribution in [2.75, 3.05) is 6.61 Å². The van der Waals surface area contributed by atoms with E-state index in [0.717, 1.165) is 5.52 Å². The number of carboxylic acid groups (broad SMARTS) is 4. The molecule has 16 heteroatoms. The molecular weight excluding hydrogens is 515 g/mol. The van der Waals surface area contributed by atoms with Crippen LogP contribution in [0.1, 0.15) is 11.3 Å². The van der Waals surface area contributed by atoms with Gasteiger partial charge in [-0.05, 0) is 25.1 Å². The summed E-state index contributed by atoms with van der Waals surface area (Å²) < 4.78 is 54.2. The number of para-hydroxylation sites is 2. The summed E-state index contributed by atoms with van der Waals surface area (Å²) in [6.07, 6.45) is -7.25. The number of aromatic nitrogens is 3. The number of rotatable bonds is 5. The van der Waals surface area contributed by atoms with Crippen LogP contribution >= 0.6 is 0 Å². The minimum Gasteiger partial charge on any atom is -0.565 e. The Balaban J connectivity index is 0.00000106. The SMILES string of the molecule is Cc1c(OCC(F)(F)F)ccnc1CS(=O)c1nc2ccccc2[nH]1.O=C([O-])O.O=C([O-])O.[Ca+2]. The van der Waals surface area contributed by atoms with E-state index in [1.807, 2.05) is 18.2 Å². The number of pyridine rings is 1. The van der Waals surface area contributed by atoms with Gasteiger partial charge in [0, 0.05) is 11.8 Å². The van der Waals surface area contributed by atoms with Gasteiger partial charge in [0.05, 0.1) is 33.3 Å². The molecule has 3 aromatic rings. The predicted molar refractivity (Wildman–Crippen MR) is 109 cm³/mol. The number of hydrogen-bond donors (Lipinski definition) is 3. The zero-order valence-electron chi connectivity index (χ0n) is 17.4. The summed E-state index contributed by atoms with van der Waals surface area (Å²) in [5.41, 5.74) is 2.28. The minimum atomic E-state index is -4.42. The summed E-state index contributed by atoms with van der Waals surface area (Å²) in [7, 11) is -1.51. The molecule has 3 N–H and O–H groups in total. The Labute approximate surface area is 222 Å². The first kappa shape index (κ1) is 31.4. The molecule has 0 amide bonds. The zero-order valence-corrected chi connectivity index (χ0v) is 20.4. The fourth-order valence-corrected chi connectivity index (χ4v) is 3.35. The van der Waals surface area contributed by atoms with Crippen LogP contribution in [0.2, 0.25) is 0 Å². The Kier molecular flexibility index (Phi) is 13.5. The Morgan fingerprint density at radius 1 is 1.15 bits per heavy atom. The molecule has 0 saturated carbocycles. The summed E-state index contributed by atoms with van der Waals surface area (Å²) in [6.45, 7) is 0.202. The number of aromatic amines is 1. The Hall–Kier alpha value is -2.62. The molecule has 2 heterocycles. The van der Waals surface area contributed by atoms with Gasteiger partial charge >= 0.3 is 43.9 Å². The molecule has 0 aliphatic heterocycles. The third-order valence-corrected chi connectivity index (χ3v) is 4.66. The number of halogens is 3. The summed E-state index contributed by atoms with van der Waals surface area (Å²) in [6, 6.07) is 8.62. The smallest absolute Gasteiger partial charge is 0.565 e. The molecule has 1 unspecified atom stereocenters. The first-order chi connectivity index (χ1) is 15.3. The molecular formula is C18H16CaF3N3O8S. The number of carbonyl (C=O) groups is 2. The summed E-state index contributed by atoms with van der Waals surface area (Å²) in [5, 5.41) is 30.9. The van der Waals surface area contributed by atoms with Gasteiger partial charge in [-0.15, -0.1) is 0 Å². The van der Waals surface area contributed by atoms with E-state index in [0.29, 0.717) is 21.9 Å². The van der Waals surface area contributed by atoms with Crippen LogP contribution in [0.5, 0.6) is 5.75 Å². The molecule has 34 heavy (non-hydrogen) atoms. The predicted octanol–water partition coefficient (Wildman–Crippen LogP) is 0.910. The molecule has 1 aromatic carbocycles. The number of benzene rings is 1. The van der Waals surface area contributed by atoms with E-state index < -0.39 is 35.9 Å². The molecule has 0 radical (unpaired) electrons. The van der Waals surface area contributed by atoms with Crippen LogP contribution in [0, 0.1) is 6.92 Å². The number of alkyl halides is 3. The summed E-state index contributed by atoms with van der Waals surface area (Å²) in [4.78, 5) is 28.2. The molecule has 2 aromatic heterocycles. The average molecular weight is 531 g/mol. The number of H-pyrrole nitrogens is 1. The van der Waals surface area contributed by atoms with Crippen molar-refractivity contribution in [2.45, 2.75) is 24.0 Å². The number of hydrogen-bond acceptors (Lipinski definition) is 8. The first-order valence-electron chi connectivity index (χ1n) is 8.57. The van der Waals surface area contributed by atoms with E-state index >= 15 is 0 Å². The van der Waals surface area contributed by atoms with Crippen molar-refractivity contribution in [3.05, 3.63) is 47.8 Å².